The molecule has 1 aliphatic rings. The minimum Gasteiger partial charge on any atom is -0.397 e. The van der Waals surface area contributed by atoms with Crippen LogP contribution in [0.1, 0.15) is 36.8 Å². The Morgan fingerprint density at radius 1 is 1.25 bits per heavy atom. The van der Waals surface area contributed by atoms with Gasteiger partial charge >= 0.3 is 0 Å². The van der Waals surface area contributed by atoms with E-state index in [-0.39, 0.29) is 4.90 Å². The molecule has 1 aromatic carbocycles. The Kier molecular flexibility index (Phi) is 4.50. The van der Waals surface area contributed by atoms with Crippen LogP contribution in [0.15, 0.2) is 28.7 Å². The summed E-state index contributed by atoms with van der Waals surface area (Å²) in [5.41, 5.74) is 9.09. The van der Waals surface area contributed by atoms with Crippen molar-refractivity contribution >= 4 is 15.7 Å². The highest BCUT2D eigenvalue weighted by molar-refractivity contribution is 7.89. The van der Waals surface area contributed by atoms with E-state index < -0.39 is 10.0 Å². The maximum absolute atomic E-state index is 12.4. The second-order valence-corrected chi connectivity index (χ2v) is 7.05. The number of hydrogen-bond donors (Lipinski definition) is 2. The molecule has 5 heteroatoms. The van der Waals surface area contributed by atoms with Crippen LogP contribution >= 0.6 is 0 Å². The highest BCUT2D eigenvalue weighted by atomic mass is 32.2. The number of sulfonamides is 1. The van der Waals surface area contributed by atoms with Crippen LogP contribution in [0, 0.1) is 13.8 Å². The third-order valence-corrected chi connectivity index (χ3v) is 5.42. The van der Waals surface area contributed by atoms with E-state index in [0.717, 1.165) is 24.8 Å². The molecule has 1 aliphatic carbocycles. The molecule has 4 nitrogen and oxygen atoms in total. The third kappa shape index (κ3) is 3.22. The zero-order valence-electron chi connectivity index (χ0n) is 12.1. The Labute approximate surface area is 121 Å². The molecule has 0 bridgehead atoms. The van der Waals surface area contributed by atoms with Crippen molar-refractivity contribution in [1.29, 1.82) is 0 Å². The number of benzene rings is 1. The van der Waals surface area contributed by atoms with Crippen LogP contribution in [-0.2, 0) is 10.0 Å². The normalized spacial score (nSPS) is 15.4. The van der Waals surface area contributed by atoms with E-state index in [4.69, 9.17) is 5.73 Å². The minimum absolute atomic E-state index is 0.220. The first kappa shape index (κ1) is 15.1. The lowest BCUT2D eigenvalue weighted by Crippen LogP contribution is -2.26. The van der Waals surface area contributed by atoms with E-state index in [2.05, 4.69) is 10.8 Å². The fourth-order valence-corrected chi connectivity index (χ4v) is 4.00. The first-order valence-electron chi connectivity index (χ1n) is 6.95. The number of nitrogen functional groups attached to an aromatic ring is 1. The average molecular weight is 294 g/mol. The van der Waals surface area contributed by atoms with E-state index in [9.17, 15) is 8.42 Å². The lowest BCUT2D eigenvalue weighted by molar-refractivity contribution is 0.581. The van der Waals surface area contributed by atoms with Crippen molar-refractivity contribution < 1.29 is 8.42 Å². The van der Waals surface area contributed by atoms with Crippen molar-refractivity contribution in [1.82, 2.24) is 4.72 Å². The van der Waals surface area contributed by atoms with Gasteiger partial charge in [-0.1, -0.05) is 23.8 Å². The molecule has 2 rings (SSSR count). The van der Waals surface area contributed by atoms with Gasteiger partial charge in [-0.15, -0.1) is 0 Å². The van der Waals surface area contributed by atoms with Crippen LogP contribution in [0.5, 0.6) is 0 Å². The molecule has 1 aromatic rings. The van der Waals surface area contributed by atoms with Crippen molar-refractivity contribution in [2.24, 2.45) is 0 Å². The molecule has 3 N–H and O–H groups in total. The van der Waals surface area contributed by atoms with Gasteiger partial charge in [0, 0.05) is 6.54 Å². The first-order valence-corrected chi connectivity index (χ1v) is 8.43. The number of hydrogen-bond acceptors (Lipinski definition) is 3. The smallest absolute Gasteiger partial charge is 0.242 e. The Morgan fingerprint density at radius 2 is 1.95 bits per heavy atom. The lowest BCUT2D eigenvalue weighted by atomic mass is 10.1. The quantitative estimate of drug-likeness (QED) is 0.648. The van der Waals surface area contributed by atoms with Gasteiger partial charge in [-0.05, 0) is 50.7 Å². The van der Waals surface area contributed by atoms with Crippen LogP contribution in [0.2, 0.25) is 0 Å². The molecule has 0 unspecified atom stereocenters. The molecule has 20 heavy (non-hydrogen) atoms. The molecular weight excluding hydrogens is 272 g/mol. The molecule has 0 atom stereocenters. The number of anilines is 1. The van der Waals surface area contributed by atoms with E-state index in [0.29, 0.717) is 17.8 Å². The molecule has 0 fully saturated rings. The molecule has 0 aromatic heterocycles. The van der Waals surface area contributed by atoms with Crippen LogP contribution < -0.4 is 10.5 Å². The van der Waals surface area contributed by atoms with Gasteiger partial charge in [-0.3, -0.25) is 0 Å². The molecule has 0 spiro atoms. The minimum atomic E-state index is -3.54. The van der Waals surface area contributed by atoms with E-state index in [1.54, 1.807) is 13.0 Å². The standard InChI is InChI=1S/C15H22N2O2S/c1-11-7-8-12(2)15(14(11)16)20(18,19)17-10-9-13-5-3-4-6-13/h5,7-8,17H,3-4,6,9-10,16H2,1-2H3. The fraction of sp³-hybridized carbons (Fsp3) is 0.467. The van der Waals surface area contributed by atoms with E-state index >= 15 is 0 Å². The number of nitrogens with two attached hydrogens (primary N) is 1. The summed E-state index contributed by atoms with van der Waals surface area (Å²) in [6, 6.07) is 3.63. The Bertz CT molecular complexity index is 634. The summed E-state index contributed by atoms with van der Waals surface area (Å²) < 4.78 is 27.4. The van der Waals surface area contributed by atoms with Gasteiger partial charge < -0.3 is 5.73 Å². The van der Waals surface area contributed by atoms with Gasteiger partial charge in [0.25, 0.3) is 0 Å². The maximum atomic E-state index is 12.4. The van der Waals surface area contributed by atoms with Crippen LogP contribution in [-0.4, -0.2) is 15.0 Å². The average Bonchev–Trinajstić information content (AvgIpc) is 2.87. The predicted octanol–water partition coefficient (Wildman–Crippen LogP) is 2.66. The Balaban J connectivity index is 2.12. The second-order valence-electron chi connectivity index (χ2n) is 5.34. The predicted molar refractivity (Wildman–Crippen MR) is 82.1 cm³/mol. The van der Waals surface area contributed by atoms with Crippen LogP contribution in [0.3, 0.4) is 0 Å². The van der Waals surface area contributed by atoms with Crippen LogP contribution in [0.25, 0.3) is 0 Å². The molecule has 0 radical (unpaired) electrons. The van der Waals surface area contributed by atoms with Gasteiger partial charge in [0.15, 0.2) is 0 Å². The maximum Gasteiger partial charge on any atom is 0.242 e. The van der Waals surface area contributed by atoms with Crippen molar-refractivity contribution in [3.05, 3.63) is 34.9 Å². The Hall–Kier alpha value is -1.33. The summed E-state index contributed by atoms with van der Waals surface area (Å²) in [4.78, 5) is 0.220. The lowest BCUT2D eigenvalue weighted by Gasteiger charge is -2.13. The van der Waals surface area contributed by atoms with Gasteiger partial charge in [0.1, 0.15) is 4.90 Å². The number of nitrogens with one attached hydrogen (secondary N) is 1. The topological polar surface area (TPSA) is 72.2 Å². The van der Waals surface area contributed by atoms with Crippen LogP contribution in [0.4, 0.5) is 5.69 Å². The highest BCUT2D eigenvalue weighted by Crippen LogP contribution is 2.26. The van der Waals surface area contributed by atoms with Crippen molar-refractivity contribution in [3.63, 3.8) is 0 Å². The monoisotopic (exact) mass is 294 g/mol. The zero-order valence-corrected chi connectivity index (χ0v) is 12.9. The third-order valence-electron chi connectivity index (χ3n) is 3.75. The van der Waals surface area contributed by atoms with Gasteiger partial charge in [0.05, 0.1) is 5.69 Å². The summed E-state index contributed by atoms with van der Waals surface area (Å²) in [5, 5.41) is 0. The van der Waals surface area contributed by atoms with E-state index in [1.165, 1.54) is 12.0 Å². The second kappa shape index (κ2) is 5.97. The van der Waals surface area contributed by atoms with Gasteiger partial charge in [0.2, 0.25) is 10.0 Å². The highest BCUT2D eigenvalue weighted by Gasteiger charge is 2.21. The molecule has 0 saturated heterocycles. The number of allylic oxidation sites excluding steroid dienone is 1. The SMILES string of the molecule is Cc1ccc(C)c(S(=O)(=O)NCCC2=CCCC2)c1N. The summed E-state index contributed by atoms with van der Waals surface area (Å²) in [7, 11) is -3.54. The number of rotatable bonds is 5. The summed E-state index contributed by atoms with van der Waals surface area (Å²) in [6.45, 7) is 4.02. The summed E-state index contributed by atoms with van der Waals surface area (Å²) in [6.07, 6.45) is 6.38. The number of aryl methyl sites for hydroxylation is 2. The molecule has 0 saturated carbocycles. The van der Waals surface area contributed by atoms with Crippen molar-refractivity contribution in [2.45, 2.75) is 44.4 Å². The molecule has 0 aliphatic heterocycles. The van der Waals surface area contributed by atoms with Crippen molar-refractivity contribution in [2.75, 3.05) is 12.3 Å². The summed E-state index contributed by atoms with van der Waals surface area (Å²) in [5.74, 6) is 0. The first-order chi connectivity index (χ1) is 9.42. The molecule has 110 valence electrons. The van der Waals surface area contributed by atoms with Crippen molar-refractivity contribution in [3.8, 4) is 0 Å². The Morgan fingerprint density at radius 3 is 2.60 bits per heavy atom. The van der Waals surface area contributed by atoms with E-state index in [1.807, 2.05) is 13.0 Å². The largest absolute Gasteiger partial charge is 0.397 e. The molecule has 0 amide bonds. The summed E-state index contributed by atoms with van der Waals surface area (Å²) >= 11 is 0. The molecule has 0 heterocycles. The zero-order chi connectivity index (χ0) is 14.8. The molecular formula is C15H22N2O2S. The van der Waals surface area contributed by atoms with Gasteiger partial charge in [-0.25, -0.2) is 13.1 Å². The van der Waals surface area contributed by atoms with Gasteiger partial charge in [-0.2, -0.15) is 0 Å². The fourth-order valence-electron chi connectivity index (χ4n) is 2.55.